The van der Waals surface area contributed by atoms with Crippen LogP contribution in [-0.2, 0) is 28.7 Å². The number of nitrogens with one attached hydrogen (secondary N) is 3. The van der Waals surface area contributed by atoms with Crippen molar-refractivity contribution < 1.29 is 38.2 Å². The molecule has 6 rings (SSSR count). The zero-order valence-corrected chi connectivity index (χ0v) is 45.8. The molecule has 16 heteroatoms. The van der Waals surface area contributed by atoms with Gasteiger partial charge in [-0.2, -0.15) is 5.26 Å². The minimum absolute atomic E-state index is 0.0528. The number of benzene rings is 3. The van der Waals surface area contributed by atoms with Crippen LogP contribution in [0.4, 0.5) is 5.69 Å². The summed E-state index contributed by atoms with van der Waals surface area (Å²) >= 11 is 7.82. The highest BCUT2D eigenvalue weighted by Crippen LogP contribution is 2.55. The van der Waals surface area contributed by atoms with Gasteiger partial charge in [0.1, 0.15) is 36.7 Å². The van der Waals surface area contributed by atoms with Crippen LogP contribution in [0.15, 0.2) is 72.2 Å². The van der Waals surface area contributed by atoms with Gasteiger partial charge in [-0.15, -0.1) is 11.3 Å². The van der Waals surface area contributed by atoms with Crippen LogP contribution in [-0.4, -0.2) is 90.0 Å². The number of Topliss-reactive ketones (excluding diaryl/α,β-unsaturated/α-hetero) is 1. The number of hydrogen-bond acceptors (Lipinski definition) is 12. The van der Waals surface area contributed by atoms with Crippen molar-refractivity contribution in [3.05, 3.63) is 99.6 Å². The number of esters is 1. The molecule has 1 aromatic heterocycles. The Morgan fingerprint density at radius 2 is 1.63 bits per heavy atom. The highest BCUT2D eigenvalue weighted by molar-refractivity contribution is 7.13. The molecule has 4 aromatic rings. The molecule has 0 bridgehead atoms. The molecule has 2 fully saturated rings. The van der Waals surface area contributed by atoms with Gasteiger partial charge in [-0.1, -0.05) is 98.2 Å². The van der Waals surface area contributed by atoms with Gasteiger partial charge in [-0.3, -0.25) is 24.0 Å². The zero-order valence-electron chi connectivity index (χ0n) is 44.2. The summed E-state index contributed by atoms with van der Waals surface area (Å²) in [5.41, 5.74) is 5.16. The average Bonchev–Trinajstić information content (AvgIpc) is 3.98. The lowest BCUT2D eigenvalue weighted by Gasteiger charge is -2.63. The van der Waals surface area contributed by atoms with Crippen LogP contribution in [0.5, 0.6) is 5.75 Å². The SMILES string of the molecule is Cc1ncsc1-c1ccc([C@H](C)NC(=O)C2C[C@@H](OC(=O)C(C)C)CN2C(=O)[C@@H](CC(=O)COCCCCCNc2ccc(C(=O)NC3C(C)(C)C(Oc4ccc(C#N)c(Cl)c4)C3(C)C)cc2)C(C)(C)C)cc1. The Labute approximate surface area is 440 Å². The van der Waals surface area contributed by atoms with E-state index in [1.165, 1.54) is 4.90 Å². The Bertz CT molecular complexity index is 2620. The van der Waals surface area contributed by atoms with Crippen molar-refractivity contribution >= 4 is 58.1 Å². The Morgan fingerprint density at radius 1 is 0.945 bits per heavy atom. The number of aryl methyl sites for hydroxylation is 1. The fourth-order valence-corrected chi connectivity index (χ4v) is 11.3. The maximum Gasteiger partial charge on any atom is 0.308 e. The van der Waals surface area contributed by atoms with Gasteiger partial charge >= 0.3 is 5.97 Å². The Morgan fingerprint density at radius 3 is 2.23 bits per heavy atom. The molecule has 73 heavy (non-hydrogen) atoms. The third kappa shape index (κ3) is 13.9. The largest absolute Gasteiger partial charge is 0.489 e. The van der Waals surface area contributed by atoms with Crippen molar-refractivity contribution in [2.24, 2.45) is 28.1 Å². The normalized spacial score (nSPS) is 19.8. The van der Waals surface area contributed by atoms with E-state index in [0.717, 1.165) is 46.6 Å². The number of carbonyl (C=O) groups excluding carboxylic acids is 5. The molecule has 0 spiro atoms. The number of anilines is 1. The van der Waals surface area contributed by atoms with Crippen LogP contribution >= 0.6 is 22.9 Å². The third-order valence-corrected chi connectivity index (χ3v) is 15.6. The van der Waals surface area contributed by atoms with Crippen molar-refractivity contribution in [1.29, 1.82) is 5.26 Å². The van der Waals surface area contributed by atoms with Gasteiger partial charge in [0.2, 0.25) is 11.8 Å². The van der Waals surface area contributed by atoms with Crippen molar-refractivity contribution in [1.82, 2.24) is 20.5 Å². The number of hydrogen-bond donors (Lipinski definition) is 3. The Balaban J connectivity index is 0.930. The standard InChI is InChI=1S/C57H73ClN6O8S/c1-34(2)52(69)71-44-29-47(50(67)62-35(3)37-15-17-38(18-16-37)48-36(4)61-33-73-48)64(31-44)51(68)45(55(5,6)7)27-42(65)32-70-26-14-12-13-25-60-41-22-19-39(20-23-41)49(66)63-53-56(8,9)54(57(53,10)11)72-43-24-21-40(30-59)46(58)28-43/h15-24,28,33-35,44-45,47,53-54,60H,12-14,25-27,29,31-32H2,1-11H3,(H,62,67)(H,63,66)/t35-,44+,45+,47?,53?,54?/m0/s1. The second-order valence-electron chi connectivity index (χ2n) is 22.2. The van der Waals surface area contributed by atoms with E-state index >= 15 is 0 Å². The molecular formula is C57H73ClN6O8S. The summed E-state index contributed by atoms with van der Waals surface area (Å²) in [6.45, 7) is 22.4. The van der Waals surface area contributed by atoms with Crippen LogP contribution < -0.4 is 20.7 Å². The molecule has 2 aliphatic rings. The Hall–Kier alpha value is -5.82. The number of likely N-dealkylation sites (tertiary alicyclic amines) is 1. The number of ether oxygens (including phenoxy) is 3. The van der Waals surface area contributed by atoms with Crippen LogP contribution in [0.2, 0.25) is 5.02 Å². The first-order chi connectivity index (χ1) is 34.4. The lowest BCUT2D eigenvalue weighted by molar-refractivity contribution is -0.164. The van der Waals surface area contributed by atoms with E-state index in [9.17, 15) is 29.2 Å². The molecule has 2 heterocycles. The van der Waals surface area contributed by atoms with E-state index < -0.39 is 29.4 Å². The molecular weight excluding hydrogens is 964 g/mol. The minimum Gasteiger partial charge on any atom is -0.489 e. The van der Waals surface area contributed by atoms with Gasteiger partial charge < -0.3 is 35.1 Å². The number of carbonyl (C=O) groups is 5. The molecule has 392 valence electrons. The predicted octanol–water partition coefficient (Wildman–Crippen LogP) is 10.5. The van der Waals surface area contributed by atoms with E-state index in [0.29, 0.717) is 35.1 Å². The van der Waals surface area contributed by atoms with Crippen molar-refractivity contribution in [3.8, 4) is 22.3 Å². The van der Waals surface area contributed by atoms with E-state index in [1.807, 2.05) is 76.5 Å². The number of thiazole rings is 1. The molecule has 1 aliphatic heterocycles. The monoisotopic (exact) mass is 1040 g/mol. The van der Waals surface area contributed by atoms with Gasteiger partial charge in [-0.25, -0.2) is 4.98 Å². The molecule has 1 saturated carbocycles. The van der Waals surface area contributed by atoms with Crippen LogP contribution in [0.1, 0.15) is 135 Å². The maximum absolute atomic E-state index is 14.5. The van der Waals surface area contributed by atoms with Gasteiger partial charge in [0, 0.05) is 66.1 Å². The van der Waals surface area contributed by atoms with Gasteiger partial charge in [0.05, 0.1) is 45.2 Å². The van der Waals surface area contributed by atoms with Gasteiger partial charge in [-0.05, 0) is 86.1 Å². The van der Waals surface area contributed by atoms with Gasteiger partial charge in [0.25, 0.3) is 5.91 Å². The first-order valence-electron chi connectivity index (χ1n) is 25.3. The van der Waals surface area contributed by atoms with E-state index in [1.54, 1.807) is 55.5 Å². The zero-order chi connectivity index (χ0) is 53.4. The number of ketones is 1. The molecule has 3 aromatic carbocycles. The fourth-order valence-electron chi connectivity index (χ4n) is 10.3. The highest BCUT2D eigenvalue weighted by Gasteiger charge is 2.64. The first kappa shape index (κ1) is 56.5. The molecule has 3 amide bonds. The Kier molecular flexibility index (Phi) is 18.6. The average molecular weight is 1040 g/mol. The summed E-state index contributed by atoms with van der Waals surface area (Å²) < 4.78 is 18.0. The molecule has 14 nitrogen and oxygen atoms in total. The number of amides is 3. The van der Waals surface area contributed by atoms with Crippen molar-refractivity contribution in [2.45, 2.75) is 139 Å². The lowest BCUT2D eigenvalue weighted by Crippen LogP contribution is -2.74. The van der Waals surface area contributed by atoms with Crippen LogP contribution in [0, 0.1) is 46.3 Å². The summed E-state index contributed by atoms with van der Waals surface area (Å²) in [5.74, 6) is -2.00. The number of unbranched alkanes of at least 4 members (excludes halogenated alkanes) is 2. The van der Waals surface area contributed by atoms with Gasteiger partial charge in [0.15, 0.2) is 5.78 Å². The fraction of sp³-hybridized carbons (Fsp3) is 0.526. The molecule has 3 N–H and O–H groups in total. The maximum atomic E-state index is 14.5. The molecule has 1 unspecified atom stereocenters. The summed E-state index contributed by atoms with van der Waals surface area (Å²) in [6, 6.07) is 21.0. The second-order valence-corrected chi connectivity index (χ2v) is 23.4. The summed E-state index contributed by atoms with van der Waals surface area (Å²) in [5, 5.41) is 19.3. The topological polar surface area (TPSA) is 189 Å². The van der Waals surface area contributed by atoms with Crippen LogP contribution in [0.3, 0.4) is 0 Å². The van der Waals surface area contributed by atoms with Crippen molar-refractivity contribution in [3.63, 3.8) is 0 Å². The number of nitriles is 1. The number of aromatic nitrogens is 1. The number of rotatable bonds is 22. The second kappa shape index (κ2) is 24.0. The first-order valence-corrected chi connectivity index (χ1v) is 26.6. The molecule has 4 atom stereocenters. The molecule has 1 aliphatic carbocycles. The van der Waals surface area contributed by atoms with Crippen LogP contribution in [0.25, 0.3) is 10.4 Å². The summed E-state index contributed by atoms with van der Waals surface area (Å²) in [4.78, 5) is 75.0. The van der Waals surface area contributed by atoms with Crippen molar-refractivity contribution in [2.75, 3.05) is 31.6 Å². The minimum atomic E-state index is -0.895. The smallest absolute Gasteiger partial charge is 0.308 e. The quantitative estimate of drug-likeness (QED) is 0.0502. The summed E-state index contributed by atoms with van der Waals surface area (Å²) in [6.07, 6.45) is 1.68. The van der Waals surface area contributed by atoms with E-state index in [-0.39, 0.29) is 84.4 Å². The lowest BCUT2D eigenvalue weighted by atomic mass is 9.49. The summed E-state index contributed by atoms with van der Waals surface area (Å²) in [7, 11) is 0. The highest BCUT2D eigenvalue weighted by atomic mass is 35.5. The number of halogens is 1. The third-order valence-electron chi connectivity index (χ3n) is 14.3. The predicted molar refractivity (Wildman–Crippen MR) is 285 cm³/mol. The van der Waals surface area contributed by atoms with E-state index in [4.69, 9.17) is 25.8 Å². The molecule has 1 saturated heterocycles. The molecule has 0 radical (unpaired) electrons. The number of nitrogens with zero attached hydrogens (tertiary/aromatic N) is 3. The van der Waals surface area contributed by atoms with E-state index in [2.05, 4.69) is 54.7 Å².